The molecule has 0 aromatic heterocycles. The number of hydrogen-bond donors (Lipinski definition) is 1. The lowest BCUT2D eigenvalue weighted by molar-refractivity contribution is -0.147. The molecule has 0 bridgehead atoms. The number of hydrogen-bond acceptors (Lipinski definition) is 5. The first-order valence-corrected chi connectivity index (χ1v) is 5.75. The Kier molecular flexibility index (Phi) is 5.70. The first kappa shape index (κ1) is 14.0. The molecule has 0 saturated heterocycles. The Bertz CT molecular complexity index is 396. The fraction of sp³-hybridized carbons (Fsp3) is 0.385. The maximum absolute atomic E-state index is 11.5. The van der Waals surface area contributed by atoms with E-state index >= 15 is 0 Å². The number of ether oxygens (including phenoxy) is 2. The molecule has 1 aromatic carbocycles. The van der Waals surface area contributed by atoms with E-state index in [4.69, 9.17) is 14.6 Å². The lowest BCUT2D eigenvalue weighted by atomic mass is 10.2. The summed E-state index contributed by atoms with van der Waals surface area (Å²) in [6.07, 6.45) is 1.72. The van der Waals surface area contributed by atoms with Gasteiger partial charge in [0.15, 0.2) is 6.61 Å². The van der Waals surface area contributed by atoms with Crippen LogP contribution in [0.1, 0.15) is 30.1 Å². The average molecular weight is 252 g/mol. The molecule has 18 heavy (non-hydrogen) atoms. The lowest BCUT2D eigenvalue weighted by Crippen LogP contribution is -2.17. The molecule has 5 heteroatoms. The third-order valence-electron chi connectivity index (χ3n) is 2.19. The van der Waals surface area contributed by atoms with Gasteiger partial charge in [-0.2, -0.15) is 0 Å². The summed E-state index contributed by atoms with van der Waals surface area (Å²) in [5, 5.41) is 9.05. The number of phenolic OH excluding ortho intramolecular Hbond substituents is 1. The number of carbonyl (C=O) groups is 2. The Morgan fingerprint density at radius 1 is 1.17 bits per heavy atom. The third kappa shape index (κ3) is 4.86. The smallest absolute Gasteiger partial charge is 0.344 e. The van der Waals surface area contributed by atoms with E-state index in [1.807, 2.05) is 6.92 Å². The second-order valence-corrected chi connectivity index (χ2v) is 3.70. The van der Waals surface area contributed by atoms with Crippen molar-refractivity contribution < 1.29 is 24.2 Å². The minimum absolute atomic E-state index is 0.0607. The van der Waals surface area contributed by atoms with E-state index in [1.54, 1.807) is 0 Å². The summed E-state index contributed by atoms with van der Waals surface area (Å²) in [5.74, 6) is -1.12. The molecule has 0 radical (unpaired) electrons. The number of phenols is 1. The molecule has 0 unspecified atom stereocenters. The van der Waals surface area contributed by atoms with Crippen LogP contribution in [-0.2, 0) is 14.3 Å². The molecular weight excluding hydrogens is 236 g/mol. The van der Waals surface area contributed by atoms with Gasteiger partial charge in [0.05, 0.1) is 12.2 Å². The SMILES string of the molecule is CCCCOC(=O)COC(=O)c1ccc(O)cc1. The summed E-state index contributed by atoms with van der Waals surface area (Å²) in [6.45, 7) is 1.92. The fourth-order valence-electron chi connectivity index (χ4n) is 1.18. The minimum atomic E-state index is -0.623. The second kappa shape index (κ2) is 7.32. The second-order valence-electron chi connectivity index (χ2n) is 3.70. The monoisotopic (exact) mass is 252 g/mol. The van der Waals surface area contributed by atoms with Crippen molar-refractivity contribution in [1.29, 1.82) is 0 Å². The van der Waals surface area contributed by atoms with E-state index in [0.717, 1.165) is 12.8 Å². The van der Waals surface area contributed by atoms with Crippen molar-refractivity contribution in [3.63, 3.8) is 0 Å². The molecule has 1 N–H and O–H groups in total. The van der Waals surface area contributed by atoms with Crippen molar-refractivity contribution in [2.24, 2.45) is 0 Å². The molecule has 1 rings (SSSR count). The highest BCUT2D eigenvalue weighted by Crippen LogP contribution is 2.10. The van der Waals surface area contributed by atoms with Crippen LogP contribution in [-0.4, -0.2) is 30.3 Å². The Labute approximate surface area is 105 Å². The van der Waals surface area contributed by atoms with E-state index in [1.165, 1.54) is 24.3 Å². The van der Waals surface area contributed by atoms with E-state index < -0.39 is 18.5 Å². The van der Waals surface area contributed by atoms with Crippen LogP contribution < -0.4 is 0 Å². The molecule has 0 fully saturated rings. The predicted octanol–water partition coefficient (Wildman–Crippen LogP) is 1.89. The van der Waals surface area contributed by atoms with Crippen molar-refractivity contribution >= 4 is 11.9 Å². The van der Waals surface area contributed by atoms with E-state index in [9.17, 15) is 9.59 Å². The Morgan fingerprint density at radius 2 is 1.83 bits per heavy atom. The highest BCUT2D eigenvalue weighted by atomic mass is 16.6. The topological polar surface area (TPSA) is 72.8 Å². The quantitative estimate of drug-likeness (QED) is 0.618. The van der Waals surface area contributed by atoms with Crippen molar-refractivity contribution in [2.45, 2.75) is 19.8 Å². The van der Waals surface area contributed by atoms with Crippen LogP contribution in [0.3, 0.4) is 0 Å². The highest BCUT2D eigenvalue weighted by Gasteiger charge is 2.10. The Hall–Kier alpha value is -2.04. The maximum Gasteiger partial charge on any atom is 0.344 e. The molecule has 5 nitrogen and oxygen atoms in total. The first-order valence-electron chi connectivity index (χ1n) is 5.75. The van der Waals surface area contributed by atoms with Gasteiger partial charge in [-0.05, 0) is 30.7 Å². The third-order valence-corrected chi connectivity index (χ3v) is 2.19. The van der Waals surface area contributed by atoms with Gasteiger partial charge < -0.3 is 14.6 Å². The summed E-state index contributed by atoms with van der Waals surface area (Å²) in [6, 6.07) is 5.58. The van der Waals surface area contributed by atoms with Crippen molar-refractivity contribution in [2.75, 3.05) is 13.2 Å². The van der Waals surface area contributed by atoms with Crippen molar-refractivity contribution in [3.05, 3.63) is 29.8 Å². The van der Waals surface area contributed by atoms with Gasteiger partial charge in [0, 0.05) is 0 Å². The molecule has 0 atom stereocenters. The summed E-state index contributed by atoms with van der Waals surface area (Å²) in [7, 11) is 0. The largest absolute Gasteiger partial charge is 0.508 e. The number of esters is 2. The van der Waals surface area contributed by atoms with Crippen LogP contribution in [0.15, 0.2) is 24.3 Å². The molecule has 0 amide bonds. The zero-order valence-electron chi connectivity index (χ0n) is 10.2. The van der Waals surface area contributed by atoms with Gasteiger partial charge in [0.1, 0.15) is 5.75 Å². The standard InChI is InChI=1S/C13H16O5/c1-2-3-8-17-12(15)9-18-13(16)10-4-6-11(14)7-5-10/h4-7,14H,2-3,8-9H2,1H3. The summed E-state index contributed by atoms with van der Waals surface area (Å²) in [4.78, 5) is 22.6. The van der Waals surface area contributed by atoms with E-state index in [-0.39, 0.29) is 11.3 Å². The summed E-state index contributed by atoms with van der Waals surface area (Å²) < 4.78 is 9.60. The highest BCUT2D eigenvalue weighted by molar-refractivity contribution is 5.90. The number of benzene rings is 1. The molecule has 0 aliphatic heterocycles. The van der Waals surface area contributed by atoms with Crippen LogP contribution in [0.25, 0.3) is 0 Å². The van der Waals surface area contributed by atoms with Crippen LogP contribution >= 0.6 is 0 Å². The molecule has 0 aliphatic carbocycles. The molecular formula is C13H16O5. The number of rotatable bonds is 6. The predicted molar refractivity (Wildman–Crippen MR) is 64.3 cm³/mol. The normalized spacial score (nSPS) is 9.83. The maximum atomic E-state index is 11.5. The summed E-state index contributed by atoms with van der Waals surface area (Å²) in [5.41, 5.74) is 0.272. The van der Waals surface area contributed by atoms with Crippen LogP contribution in [0.5, 0.6) is 5.75 Å². The van der Waals surface area contributed by atoms with Gasteiger partial charge >= 0.3 is 11.9 Å². The van der Waals surface area contributed by atoms with Gasteiger partial charge in [-0.1, -0.05) is 13.3 Å². The van der Waals surface area contributed by atoms with E-state index in [0.29, 0.717) is 6.61 Å². The zero-order chi connectivity index (χ0) is 13.4. The zero-order valence-corrected chi connectivity index (χ0v) is 10.2. The first-order chi connectivity index (χ1) is 8.63. The van der Waals surface area contributed by atoms with Gasteiger partial charge in [-0.25, -0.2) is 9.59 Å². The summed E-state index contributed by atoms with van der Waals surface area (Å²) >= 11 is 0. The molecule has 0 aliphatic rings. The van der Waals surface area contributed by atoms with Crippen LogP contribution in [0.2, 0.25) is 0 Å². The minimum Gasteiger partial charge on any atom is -0.508 e. The van der Waals surface area contributed by atoms with Gasteiger partial charge in [0.2, 0.25) is 0 Å². The number of unbranched alkanes of at least 4 members (excludes halogenated alkanes) is 1. The van der Waals surface area contributed by atoms with Gasteiger partial charge in [0.25, 0.3) is 0 Å². The van der Waals surface area contributed by atoms with Crippen LogP contribution in [0.4, 0.5) is 0 Å². The number of aromatic hydroxyl groups is 1. The van der Waals surface area contributed by atoms with Gasteiger partial charge in [-0.3, -0.25) is 0 Å². The molecule has 0 heterocycles. The molecule has 0 saturated carbocycles. The fourth-order valence-corrected chi connectivity index (χ4v) is 1.18. The number of carbonyl (C=O) groups excluding carboxylic acids is 2. The molecule has 0 spiro atoms. The van der Waals surface area contributed by atoms with E-state index in [2.05, 4.69) is 0 Å². The molecule has 98 valence electrons. The Morgan fingerprint density at radius 3 is 2.44 bits per heavy atom. The average Bonchev–Trinajstić information content (AvgIpc) is 2.37. The van der Waals surface area contributed by atoms with Crippen molar-refractivity contribution in [3.8, 4) is 5.75 Å². The Balaban J connectivity index is 2.32. The molecule has 1 aromatic rings. The van der Waals surface area contributed by atoms with Crippen molar-refractivity contribution in [1.82, 2.24) is 0 Å². The van der Waals surface area contributed by atoms with Gasteiger partial charge in [-0.15, -0.1) is 0 Å². The lowest BCUT2D eigenvalue weighted by Gasteiger charge is -2.05. The van der Waals surface area contributed by atoms with Crippen LogP contribution in [0, 0.1) is 0 Å².